The van der Waals surface area contributed by atoms with Crippen molar-refractivity contribution in [2.45, 2.75) is 18.9 Å². The van der Waals surface area contributed by atoms with E-state index in [1.165, 1.54) is 19.2 Å². The summed E-state index contributed by atoms with van der Waals surface area (Å²) in [6, 6.07) is 2.16. The van der Waals surface area contributed by atoms with E-state index in [0.29, 0.717) is 12.8 Å². The van der Waals surface area contributed by atoms with Gasteiger partial charge in [0, 0.05) is 44.4 Å². The number of piperazine rings is 1. The molecule has 1 saturated heterocycles. The van der Waals surface area contributed by atoms with E-state index in [9.17, 15) is 8.78 Å². The van der Waals surface area contributed by atoms with Gasteiger partial charge in [0.25, 0.3) is 0 Å². The van der Waals surface area contributed by atoms with Crippen molar-refractivity contribution in [3.05, 3.63) is 29.3 Å². The number of methoxy groups -OCH3 is 1. The monoisotopic (exact) mass is 300 g/mol. The predicted molar refractivity (Wildman–Crippen MR) is 76.4 cm³/mol. The Bertz CT molecular complexity index is 465. The Morgan fingerprint density at radius 2 is 2.05 bits per heavy atom. The molecule has 0 aliphatic carbocycles. The number of nitrogens with zero attached hydrogens (tertiary/aromatic N) is 1. The fourth-order valence-corrected chi connectivity index (χ4v) is 2.80. The fraction of sp³-hybridized carbons (Fsp3) is 0.600. The van der Waals surface area contributed by atoms with Crippen LogP contribution in [0.5, 0.6) is 5.75 Å². The van der Waals surface area contributed by atoms with Crippen LogP contribution in [0.15, 0.2) is 12.1 Å². The van der Waals surface area contributed by atoms with Gasteiger partial charge in [-0.25, -0.2) is 8.78 Å². The zero-order valence-electron chi connectivity index (χ0n) is 12.2. The summed E-state index contributed by atoms with van der Waals surface area (Å²) in [7, 11) is 1.37. The summed E-state index contributed by atoms with van der Waals surface area (Å²) >= 11 is 0. The van der Waals surface area contributed by atoms with Crippen molar-refractivity contribution in [2.75, 3.05) is 39.9 Å². The van der Waals surface area contributed by atoms with E-state index in [-0.39, 0.29) is 24.0 Å². The first kappa shape index (κ1) is 16.1. The third-order valence-electron chi connectivity index (χ3n) is 3.87. The summed E-state index contributed by atoms with van der Waals surface area (Å²) in [6.07, 6.45) is 1.02. The molecule has 0 unspecified atom stereocenters. The van der Waals surface area contributed by atoms with Gasteiger partial charge in [0.15, 0.2) is 11.6 Å². The molecule has 21 heavy (non-hydrogen) atoms. The fourth-order valence-electron chi connectivity index (χ4n) is 2.80. The van der Waals surface area contributed by atoms with Crippen LogP contribution in [0.25, 0.3) is 0 Å². The maximum Gasteiger partial charge on any atom is 0.172 e. The first-order valence-electron chi connectivity index (χ1n) is 7.26. The molecule has 1 atom stereocenters. The predicted octanol–water partition coefficient (Wildman–Crippen LogP) is 1.69. The van der Waals surface area contributed by atoms with E-state index in [1.807, 2.05) is 0 Å². The molecule has 1 aromatic rings. The zero-order valence-corrected chi connectivity index (χ0v) is 12.2. The first-order valence-corrected chi connectivity index (χ1v) is 7.26. The maximum atomic E-state index is 14.5. The Labute approximate surface area is 123 Å². The second-order valence-corrected chi connectivity index (χ2v) is 5.14. The highest BCUT2D eigenvalue weighted by Crippen LogP contribution is 2.34. The maximum absolute atomic E-state index is 14.5. The minimum atomic E-state index is -0.640. The van der Waals surface area contributed by atoms with Crippen LogP contribution in [-0.2, 0) is 0 Å². The smallest absolute Gasteiger partial charge is 0.172 e. The lowest BCUT2D eigenvalue weighted by atomic mass is 9.98. The summed E-state index contributed by atoms with van der Waals surface area (Å²) in [5, 5.41) is 12.3. The number of aliphatic hydroxyl groups excluding tert-OH is 1. The Kier molecular flexibility index (Phi) is 5.90. The molecule has 2 rings (SSSR count). The van der Waals surface area contributed by atoms with Crippen molar-refractivity contribution in [3.8, 4) is 5.75 Å². The highest BCUT2D eigenvalue weighted by Gasteiger charge is 2.28. The Balaban J connectivity index is 2.35. The van der Waals surface area contributed by atoms with Crippen LogP contribution in [-0.4, -0.2) is 49.9 Å². The van der Waals surface area contributed by atoms with Crippen LogP contribution in [0.1, 0.15) is 24.4 Å². The number of rotatable bonds is 6. The molecule has 1 fully saturated rings. The summed E-state index contributed by atoms with van der Waals surface area (Å²) in [4.78, 5) is 2.06. The first-order chi connectivity index (χ1) is 10.2. The van der Waals surface area contributed by atoms with Gasteiger partial charge in [-0.15, -0.1) is 0 Å². The van der Waals surface area contributed by atoms with Gasteiger partial charge in [0.05, 0.1) is 7.11 Å². The zero-order chi connectivity index (χ0) is 15.2. The second-order valence-electron chi connectivity index (χ2n) is 5.14. The van der Waals surface area contributed by atoms with Crippen LogP contribution in [0, 0.1) is 11.6 Å². The molecule has 1 aromatic carbocycles. The van der Waals surface area contributed by atoms with Crippen LogP contribution in [0.2, 0.25) is 0 Å². The van der Waals surface area contributed by atoms with Crippen LogP contribution >= 0.6 is 0 Å². The topological polar surface area (TPSA) is 44.7 Å². The molecule has 0 bridgehead atoms. The van der Waals surface area contributed by atoms with Crippen molar-refractivity contribution in [1.29, 1.82) is 0 Å². The van der Waals surface area contributed by atoms with Gasteiger partial charge >= 0.3 is 0 Å². The van der Waals surface area contributed by atoms with Gasteiger partial charge in [-0.2, -0.15) is 0 Å². The van der Waals surface area contributed by atoms with Gasteiger partial charge in [-0.3, -0.25) is 4.90 Å². The van der Waals surface area contributed by atoms with Crippen molar-refractivity contribution >= 4 is 0 Å². The summed E-state index contributed by atoms with van der Waals surface area (Å²) in [5.41, 5.74) is 0.0460. The van der Waals surface area contributed by atoms with Gasteiger partial charge in [0.2, 0.25) is 0 Å². The Morgan fingerprint density at radius 3 is 2.67 bits per heavy atom. The summed E-state index contributed by atoms with van der Waals surface area (Å²) < 4.78 is 33.7. The number of ether oxygens (including phenoxy) is 1. The molecule has 1 heterocycles. The lowest BCUT2D eigenvalue weighted by Gasteiger charge is -2.35. The molecule has 0 spiro atoms. The molecule has 0 amide bonds. The normalized spacial score (nSPS) is 17.7. The minimum Gasteiger partial charge on any atom is -0.494 e. The van der Waals surface area contributed by atoms with Crippen molar-refractivity contribution < 1.29 is 18.6 Å². The molecule has 0 aromatic heterocycles. The summed E-state index contributed by atoms with van der Waals surface area (Å²) in [5.74, 6) is -1.15. The van der Waals surface area contributed by atoms with Crippen LogP contribution in [0.4, 0.5) is 8.78 Å². The van der Waals surface area contributed by atoms with Gasteiger partial charge < -0.3 is 15.2 Å². The van der Waals surface area contributed by atoms with E-state index >= 15 is 0 Å². The average molecular weight is 300 g/mol. The molecule has 0 radical (unpaired) electrons. The lowest BCUT2D eigenvalue weighted by Crippen LogP contribution is -2.45. The largest absolute Gasteiger partial charge is 0.494 e. The van der Waals surface area contributed by atoms with Crippen LogP contribution in [0.3, 0.4) is 0 Å². The van der Waals surface area contributed by atoms with Gasteiger partial charge in [0.1, 0.15) is 5.82 Å². The third-order valence-corrected chi connectivity index (χ3v) is 3.87. The van der Waals surface area contributed by atoms with Crippen LogP contribution < -0.4 is 10.1 Å². The SMILES string of the molecule is COc1ccc(F)c([C@H](CCCO)N2CCNCC2)c1F. The number of hydrogen-bond acceptors (Lipinski definition) is 4. The number of hydrogen-bond donors (Lipinski definition) is 2. The molecule has 6 heteroatoms. The molecular formula is C15H22F2N2O2. The number of benzene rings is 1. The molecule has 1 aliphatic rings. The second kappa shape index (κ2) is 7.68. The standard InChI is InChI=1S/C15H22F2N2O2/c1-21-13-5-4-11(16)14(15(13)17)12(3-2-10-20)19-8-6-18-7-9-19/h4-5,12,18,20H,2-3,6-10H2,1H3/t12-/m0/s1. The molecular weight excluding hydrogens is 278 g/mol. The van der Waals surface area contributed by atoms with E-state index in [4.69, 9.17) is 9.84 Å². The van der Waals surface area contributed by atoms with E-state index in [1.54, 1.807) is 0 Å². The van der Waals surface area contributed by atoms with Crippen molar-refractivity contribution in [2.24, 2.45) is 0 Å². The van der Waals surface area contributed by atoms with E-state index in [0.717, 1.165) is 26.2 Å². The molecule has 118 valence electrons. The Morgan fingerprint density at radius 1 is 1.33 bits per heavy atom. The molecule has 1 aliphatic heterocycles. The average Bonchev–Trinajstić information content (AvgIpc) is 2.51. The van der Waals surface area contributed by atoms with Gasteiger partial charge in [-0.05, 0) is 25.0 Å². The highest BCUT2D eigenvalue weighted by molar-refractivity contribution is 5.34. The van der Waals surface area contributed by atoms with E-state index in [2.05, 4.69) is 10.2 Å². The lowest BCUT2D eigenvalue weighted by molar-refractivity contribution is 0.148. The number of nitrogens with one attached hydrogen (secondary N) is 1. The minimum absolute atomic E-state index is 0.00972. The summed E-state index contributed by atoms with van der Waals surface area (Å²) in [6.45, 7) is 3.06. The quantitative estimate of drug-likeness (QED) is 0.839. The van der Waals surface area contributed by atoms with E-state index < -0.39 is 11.6 Å². The Hall–Kier alpha value is -1.24. The third kappa shape index (κ3) is 3.70. The van der Waals surface area contributed by atoms with Gasteiger partial charge in [-0.1, -0.05) is 0 Å². The van der Waals surface area contributed by atoms with Crippen molar-refractivity contribution in [3.63, 3.8) is 0 Å². The number of halogens is 2. The number of aliphatic hydroxyl groups is 1. The molecule has 2 N–H and O–H groups in total. The van der Waals surface area contributed by atoms with Crippen molar-refractivity contribution in [1.82, 2.24) is 10.2 Å². The molecule has 4 nitrogen and oxygen atoms in total. The molecule has 0 saturated carbocycles. The highest BCUT2D eigenvalue weighted by atomic mass is 19.1.